The number of sulfonamides is 1. The Morgan fingerprint density at radius 2 is 1.72 bits per heavy atom. The number of rotatable bonds is 5. The molecule has 0 atom stereocenters. The van der Waals surface area contributed by atoms with E-state index in [9.17, 15) is 13.2 Å². The molecule has 7 heteroatoms. The summed E-state index contributed by atoms with van der Waals surface area (Å²) in [6.07, 6.45) is 1.64. The van der Waals surface area contributed by atoms with Gasteiger partial charge in [0.1, 0.15) is 0 Å². The van der Waals surface area contributed by atoms with Gasteiger partial charge in [-0.25, -0.2) is 13.1 Å². The van der Waals surface area contributed by atoms with Crippen molar-refractivity contribution in [1.82, 2.24) is 14.5 Å². The fourth-order valence-corrected chi connectivity index (χ4v) is 3.25. The number of amides is 1. The molecule has 0 aliphatic rings. The average Bonchev–Trinajstić information content (AvgIpc) is 3.04. The number of benzene rings is 2. The van der Waals surface area contributed by atoms with E-state index >= 15 is 0 Å². The second-order valence-corrected chi connectivity index (χ2v) is 7.31. The molecule has 0 bridgehead atoms. The van der Waals surface area contributed by atoms with E-state index in [1.54, 1.807) is 23.0 Å². The van der Waals surface area contributed by atoms with Crippen molar-refractivity contribution in [1.29, 1.82) is 0 Å². The number of nitrogens with one attached hydrogen (secondary N) is 1. The largest absolute Gasteiger partial charge is 0.285 e. The first-order valence-electron chi connectivity index (χ1n) is 7.65. The van der Waals surface area contributed by atoms with Crippen LogP contribution in [0.5, 0.6) is 0 Å². The molecule has 0 saturated heterocycles. The number of carbonyl (C=O) groups excluding carboxylic acids is 1. The Morgan fingerprint density at radius 1 is 1.04 bits per heavy atom. The summed E-state index contributed by atoms with van der Waals surface area (Å²) >= 11 is 0. The Bertz CT molecular complexity index is 978. The number of hydrogen-bond acceptors (Lipinski definition) is 4. The Labute approximate surface area is 146 Å². The minimum absolute atomic E-state index is 0.0372. The molecule has 0 radical (unpaired) electrons. The van der Waals surface area contributed by atoms with E-state index in [1.165, 1.54) is 18.2 Å². The van der Waals surface area contributed by atoms with Crippen molar-refractivity contribution in [3.05, 3.63) is 83.7 Å². The van der Waals surface area contributed by atoms with Crippen molar-refractivity contribution >= 4 is 15.9 Å². The first-order chi connectivity index (χ1) is 11.9. The first-order valence-corrected chi connectivity index (χ1v) is 9.13. The minimum Gasteiger partial charge on any atom is -0.268 e. The minimum atomic E-state index is -3.92. The van der Waals surface area contributed by atoms with Crippen LogP contribution in [0.2, 0.25) is 0 Å². The molecular formula is C18H17N3O3S. The van der Waals surface area contributed by atoms with Crippen molar-refractivity contribution in [3.63, 3.8) is 0 Å². The third-order valence-corrected chi connectivity index (χ3v) is 4.97. The highest BCUT2D eigenvalue weighted by atomic mass is 32.2. The number of aryl methyl sites for hydroxylation is 1. The SMILES string of the molecule is Cc1ccc(S(=O)(=O)NC(=O)c2ccn(Cc3ccccc3)n2)cc1. The predicted octanol–water partition coefficient (Wildman–Crippen LogP) is 2.36. The van der Waals surface area contributed by atoms with Gasteiger partial charge < -0.3 is 0 Å². The van der Waals surface area contributed by atoms with Crippen LogP contribution >= 0.6 is 0 Å². The van der Waals surface area contributed by atoms with Crippen LogP contribution in [-0.2, 0) is 16.6 Å². The summed E-state index contributed by atoms with van der Waals surface area (Å²) in [5.74, 6) is -0.757. The van der Waals surface area contributed by atoms with Gasteiger partial charge in [-0.15, -0.1) is 0 Å². The standard InChI is InChI=1S/C18H17N3O3S/c1-14-7-9-16(10-8-14)25(23,24)20-18(22)17-11-12-21(19-17)13-15-5-3-2-4-6-15/h2-12H,13H2,1H3,(H,20,22). The van der Waals surface area contributed by atoms with Gasteiger partial charge in [-0.3, -0.25) is 9.48 Å². The Hall–Kier alpha value is -2.93. The van der Waals surface area contributed by atoms with Crippen LogP contribution in [0.4, 0.5) is 0 Å². The molecule has 128 valence electrons. The van der Waals surface area contributed by atoms with Gasteiger partial charge in [0.2, 0.25) is 0 Å². The second kappa shape index (κ2) is 6.90. The lowest BCUT2D eigenvalue weighted by molar-refractivity contribution is 0.0975. The van der Waals surface area contributed by atoms with Gasteiger partial charge in [0.15, 0.2) is 5.69 Å². The van der Waals surface area contributed by atoms with Gasteiger partial charge in [0.25, 0.3) is 15.9 Å². The Kier molecular flexibility index (Phi) is 4.67. The molecule has 3 rings (SSSR count). The van der Waals surface area contributed by atoms with E-state index in [0.717, 1.165) is 11.1 Å². The first kappa shape index (κ1) is 16.9. The Balaban J connectivity index is 1.72. The molecule has 1 N–H and O–H groups in total. The summed E-state index contributed by atoms with van der Waals surface area (Å²) in [5.41, 5.74) is 2.02. The molecule has 1 heterocycles. The van der Waals surface area contributed by atoms with Crippen LogP contribution in [0.3, 0.4) is 0 Å². The predicted molar refractivity (Wildman–Crippen MR) is 93.6 cm³/mol. The second-order valence-electron chi connectivity index (χ2n) is 5.63. The van der Waals surface area contributed by atoms with Crippen LogP contribution in [-0.4, -0.2) is 24.1 Å². The highest BCUT2D eigenvalue weighted by molar-refractivity contribution is 7.90. The third kappa shape index (κ3) is 4.13. The van der Waals surface area contributed by atoms with Crippen molar-refractivity contribution in [2.45, 2.75) is 18.4 Å². The maximum atomic E-state index is 12.3. The van der Waals surface area contributed by atoms with Gasteiger partial charge in [-0.2, -0.15) is 5.10 Å². The zero-order valence-corrected chi connectivity index (χ0v) is 14.4. The van der Waals surface area contributed by atoms with E-state index in [1.807, 2.05) is 42.0 Å². The third-order valence-electron chi connectivity index (χ3n) is 3.62. The van der Waals surface area contributed by atoms with E-state index < -0.39 is 15.9 Å². The fourth-order valence-electron chi connectivity index (χ4n) is 2.29. The molecule has 6 nitrogen and oxygen atoms in total. The lowest BCUT2D eigenvalue weighted by Crippen LogP contribution is -2.31. The molecule has 0 unspecified atom stereocenters. The summed E-state index contributed by atoms with van der Waals surface area (Å²) in [5, 5.41) is 4.14. The molecule has 0 saturated carbocycles. The van der Waals surface area contributed by atoms with Crippen molar-refractivity contribution in [3.8, 4) is 0 Å². The Morgan fingerprint density at radius 3 is 2.40 bits per heavy atom. The van der Waals surface area contributed by atoms with Gasteiger partial charge in [-0.05, 0) is 30.7 Å². The van der Waals surface area contributed by atoms with Gasteiger partial charge in [0.05, 0.1) is 11.4 Å². The summed E-state index contributed by atoms with van der Waals surface area (Å²) in [4.78, 5) is 12.2. The number of carbonyl (C=O) groups is 1. The van der Waals surface area contributed by atoms with Crippen LogP contribution in [0.25, 0.3) is 0 Å². The summed E-state index contributed by atoms with van der Waals surface area (Å²) in [7, 11) is -3.92. The summed E-state index contributed by atoms with van der Waals surface area (Å²) < 4.78 is 28.1. The summed E-state index contributed by atoms with van der Waals surface area (Å²) in [6, 6.07) is 17.4. The molecule has 0 fully saturated rings. The highest BCUT2D eigenvalue weighted by Gasteiger charge is 2.20. The van der Waals surface area contributed by atoms with Crippen LogP contribution in [0, 0.1) is 6.92 Å². The summed E-state index contributed by atoms with van der Waals surface area (Å²) in [6.45, 7) is 2.35. The maximum Gasteiger partial charge on any atom is 0.285 e. The van der Waals surface area contributed by atoms with Crippen LogP contribution < -0.4 is 4.72 Å². The van der Waals surface area contributed by atoms with Crippen molar-refractivity contribution in [2.75, 3.05) is 0 Å². The van der Waals surface area contributed by atoms with Crippen LogP contribution in [0.15, 0.2) is 71.8 Å². The molecule has 1 aromatic heterocycles. The van der Waals surface area contributed by atoms with E-state index in [4.69, 9.17) is 0 Å². The van der Waals surface area contributed by atoms with Gasteiger partial charge in [-0.1, -0.05) is 48.0 Å². The normalized spacial score (nSPS) is 11.2. The van der Waals surface area contributed by atoms with E-state index in [0.29, 0.717) is 6.54 Å². The topological polar surface area (TPSA) is 81.1 Å². The quantitative estimate of drug-likeness (QED) is 0.762. The zero-order valence-electron chi connectivity index (χ0n) is 13.6. The van der Waals surface area contributed by atoms with Gasteiger partial charge >= 0.3 is 0 Å². The molecule has 25 heavy (non-hydrogen) atoms. The smallest absolute Gasteiger partial charge is 0.268 e. The monoisotopic (exact) mass is 355 g/mol. The highest BCUT2D eigenvalue weighted by Crippen LogP contribution is 2.11. The molecule has 0 aliphatic heterocycles. The van der Waals surface area contributed by atoms with E-state index in [2.05, 4.69) is 5.10 Å². The fraction of sp³-hybridized carbons (Fsp3) is 0.111. The van der Waals surface area contributed by atoms with Crippen molar-refractivity contribution in [2.24, 2.45) is 0 Å². The molecular weight excluding hydrogens is 338 g/mol. The lowest BCUT2D eigenvalue weighted by Gasteiger charge is -2.06. The van der Waals surface area contributed by atoms with E-state index in [-0.39, 0.29) is 10.6 Å². The maximum absolute atomic E-state index is 12.3. The number of aromatic nitrogens is 2. The van der Waals surface area contributed by atoms with Crippen LogP contribution in [0.1, 0.15) is 21.6 Å². The molecule has 3 aromatic rings. The zero-order chi connectivity index (χ0) is 17.9. The molecule has 0 aliphatic carbocycles. The lowest BCUT2D eigenvalue weighted by atomic mass is 10.2. The number of hydrogen-bond donors (Lipinski definition) is 1. The number of nitrogens with zero attached hydrogens (tertiary/aromatic N) is 2. The molecule has 1 amide bonds. The average molecular weight is 355 g/mol. The molecule has 0 spiro atoms. The van der Waals surface area contributed by atoms with Crippen molar-refractivity contribution < 1.29 is 13.2 Å². The van der Waals surface area contributed by atoms with Gasteiger partial charge in [0, 0.05) is 6.20 Å². The molecule has 2 aromatic carbocycles.